The van der Waals surface area contributed by atoms with Crippen molar-refractivity contribution in [2.24, 2.45) is 0 Å². The lowest BCUT2D eigenvalue weighted by molar-refractivity contribution is 0.415. The maximum Gasteiger partial charge on any atom is 0.119 e. The van der Waals surface area contributed by atoms with Gasteiger partial charge in [0.05, 0.1) is 12.8 Å². The number of methoxy groups -OCH3 is 1. The van der Waals surface area contributed by atoms with Gasteiger partial charge in [0.2, 0.25) is 0 Å². The van der Waals surface area contributed by atoms with E-state index in [1.165, 1.54) is 39.3 Å². The number of hydrogen-bond donors (Lipinski definition) is 0. The van der Waals surface area contributed by atoms with Crippen molar-refractivity contribution in [2.75, 3.05) is 7.11 Å². The van der Waals surface area contributed by atoms with Crippen LogP contribution in [-0.4, -0.2) is 20.5 Å². The number of benzene rings is 2. The third-order valence-electron chi connectivity index (χ3n) is 5.68. The minimum absolute atomic E-state index is 0.0249. The summed E-state index contributed by atoms with van der Waals surface area (Å²) in [5, 5.41) is 1.35. The Balaban J connectivity index is 2.06. The lowest BCUT2D eigenvalue weighted by atomic mass is 9.81. The molecular weight excluding hydrogens is 322 g/mol. The van der Waals surface area contributed by atoms with Crippen molar-refractivity contribution in [3.8, 4) is 17.0 Å². The molecule has 0 radical (unpaired) electrons. The SMILES string of the molecule is COc1ccc2c(c1)c1c(n2CC[SiH](C)C)-c2ccccc2C1(C)C. The topological polar surface area (TPSA) is 14.2 Å². The largest absolute Gasteiger partial charge is 0.497 e. The van der Waals surface area contributed by atoms with Crippen LogP contribution < -0.4 is 4.74 Å². The summed E-state index contributed by atoms with van der Waals surface area (Å²) >= 11 is 0. The van der Waals surface area contributed by atoms with Crippen molar-refractivity contribution in [3.05, 3.63) is 53.6 Å². The first-order chi connectivity index (χ1) is 11.9. The van der Waals surface area contributed by atoms with E-state index in [1.54, 1.807) is 7.11 Å². The second-order valence-electron chi connectivity index (χ2n) is 8.11. The highest BCUT2D eigenvalue weighted by Crippen LogP contribution is 2.53. The van der Waals surface area contributed by atoms with Crippen molar-refractivity contribution in [2.45, 2.75) is 44.9 Å². The number of aromatic nitrogens is 1. The standard InChI is InChI=1S/C22H27NOSi/c1-22(2)18-9-7-6-8-16(18)21-20(22)17-14-15(24-3)10-11-19(17)23(21)12-13-25(4)5/h6-11,14,25H,12-13H2,1-5H3. The van der Waals surface area contributed by atoms with Crippen LogP contribution in [0.4, 0.5) is 0 Å². The first-order valence-corrected chi connectivity index (χ1v) is 12.4. The molecule has 1 aliphatic carbocycles. The molecule has 4 rings (SSSR count). The molecule has 3 heteroatoms. The first kappa shape index (κ1) is 16.5. The van der Waals surface area contributed by atoms with Crippen LogP contribution in [0.3, 0.4) is 0 Å². The summed E-state index contributed by atoms with van der Waals surface area (Å²) in [6.45, 7) is 10.7. The normalized spacial score (nSPS) is 14.8. The van der Waals surface area contributed by atoms with E-state index in [-0.39, 0.29) is 5.41 Å². The predicted octanol–water partition coefficient (Wildman–Crippen LogP) is 5.44. The van der Waals surface area contributed by atoms with Crippen LogP contribution in [0.1, 0.15) is 25.0 Å². The summed E-state index contributed by atoms with van der Waals surface area (Å²) in [4.78, 5) is 0. The van der Waals surface area contributed by atoms with Gasteiger partial charge in [-0.05, 0) is 35.4 Å². The smallest absolute Gasteiger partial charge is 0.119 e. The zero-order valence-corrected chi connectivity index (χ0v) is 17.0. The van der Waals surface area contributed by atoms with Gasteiger partial charge in [-0.1, -0.05) is 51.2 Å². The summed E-state index contributed by atoms with van der Waals surface area (Å²) in [6.07, 6.45) is 0. The molecule has 1 aliphatic rings. The van der Waals surface area contributed by atoms with Crippen molar-refractivity contribution in [1.82, 2.24) is 4.57 Å². The lowest BCUT2D eigenvalue weighted by Gasteiger charge is -2.21. The highest BCUT2D eigenvalue weighted by molar-refractivity contribution is 6.55. The molecular formula is C22H27NOSi. The van der Waals surface area contributed by atoms with Crippen molar-refractivity contribution in [1.29, 1.82) is 0 Å². The van der Waals surface area contributed by atoms with Crippen molar-refractivity contribution < 1.29 is 4.74 Å². The van der Waals surface area contributed by atoms with Crippen LogP contribution in [0.25, 0.3) is 22.2 Å². The van der Waals surface area contributed by atoms with Gasteiger partial charge in [0.15, 0.2) is 0 Å². The van der Waals surface area contributed by atoms with Crippen LogP contribution in [0.15, 0.2) is 42.5 Å². The Morgan fingerprint density at radius 3 is 2.56 bits per heavy atom. The Labute approximate surface area is 152 Å². The van der Waals surface area contributed by atoms with Gasteiger partial charge in [-0.2, -0.15) is 0 Å². The Hall–Kier alpha value is -2.00. The Morgan fingerprint density at radius 1 is 1.08 bits per heavy atom. The third-order valence-corrected chi connectivity index (χ3v) is 7.09. The minimum Gasteiger partial charge on any atom is -0.497 e. The van der Waals surface area contributed by atoms with Gasteiger partial charge in [-0.15, -0.1) is 0 Å². The maximum absolute atomic E-state index is 5.53. The van der Waals surface area contributed by atoms with Gasteiger partial charge in [0, 0.05) is 37.2 Å². The summed E-state index contributed by atoms with van der Waals surface area (Å²) in [5.74, 6) is 0.942. The second-order valence-corrected chi connectivity index (χ2v) is 11.5. The van der Waals surface area contributed by atoms with Crippen LogP contribution in [-0.2, 0) is 12.0 Å². The second kappa shape index (κ2) is 5.77. The molecule has 0 amide bonds. The van der Waals surface area contributed by atoms with Crippen molar-refractivity contribution >= 4 is 19.7 Å². The van der Waals surface area contributed by atoms with E-state index in [2.05, 4.69) is 74.0 Å². The van der Waals surface area contributed by atoms with Gasteiger partial charge in [0.1, 0.15) is 5.75 Å². The average Bonchev–Trinajstić information content (AvgIpc) is 3.04. The fourth-order valence-electron chi connectivity index (χ4n) is 4.36. The zero-order chi connectivity index (χ0) is 17.8. The summed E-state index contributed by atoms with van der Waals surface area (Å²) in [6, 6.07) is 16.8. The molecule has 2 aromatic carbocycles. The fraction of sp³-hybridized carbons (Fsp3) is 0.364. The van der Waals surface area contributed by atoms with Gasteiger partial charge in [0.25, 0.3) is 0 Å². The molecule has 130 valence electrons. The number of aryl methyl sites for hydroxylation is 1. The number of ether oxygens (including phenoxy) is 1. The molecule has 0 spiro atoms. The molecule has 25 heavy (non-hydrogen) atoms. The molecule has 0 saturated heterocycles. The molecule has 0 N–H and O–H groups in total. The Kier molecular flexibility index (Phi) is 3.80. The van der Waals surface area contributed by atoms with E-state index < -0.39 is 8.80 Å². The van der Waals surface area contributed by atoms with Crippen LogP contribution >= 0.6 is 0 Å². The molecule has 0 unspecified atom stereocenters. The third kappa shape index (κ3) is 2.36. The van der Waals surface area contributed by atoms with E-state index >= 15 is 0 Å². The molecule has 0 saturated carbocycles. The van der Waals surface area contributed by atoms with Crippen molar-refractivity contribution in [3.63, 3.8) is 0 Å². The van der Waals surface area contributed by atoms with Gasteiger partial charge >= 0.3 is 0 Å². The molecule has 1 heterocycles. The Morgan fingerprint density at radius 2 is 1.84 bits per heavy atom. The average molecular weight is 350 g/mol. The number of fused-ring (bicyclic) bond motifs is 5. The molecule has 3 aromatic rings. The first-order valence-electron chi connectivity index (χ1n) is 9.25. The van der Waals surface area contributed by atoms with E-state index in [9.17, 15) is 0 Å². The predicted molar refractivity (Wildman–Crippen MR) is 110 cm³/mol. The van der Waals surface area contributed by atoms with E-state index in [1.807, 2.05) is 0 Å². The summed E-state index contributed by atoms with van der Waals surface area (Å²) < 4.78 is 8.11. The highest BCUT2D eigenvalue weighted by atomic mass is 28.3. The minimum atomic E-state index is -0.603. The van der Waals surface area contributed by atoms with Crippen LogP contribution in [0, 0.1) is 0 Å². The molecule has 0 aliphatic heterocycles. The number of hydrogen-bond acceptors (Lipinski definition) is 1. The summed E-state index contributed by atoms with van der Waals surface area (Å²) in [5.41, 5.74) is 7.12. The number of nitrogens with zero attached hydrogens (tertiary/aromatic N) is 1. The maximum atomic E-state index is 5.53. The molecule has 0 atom stereocenters. The van der Waals surface area contributed by atoms with E-state index in [0.29, 0.717) is 0 Å². The Bertz CT molecular complexity index is 952. The van der Waals surface area contributed by atoms with E-state index in [0.717, 1.165) is 12.3 Å². The van der Waals surface area contributed by atoms with Crippen LogP contribution in [0.2, 0.25) is 19.1 Å². The quantitative estimate of drug-likeness (QED) is 0.572. The molecule has 0 fully saturated rings. The van der Waals surface area contributed by atoms with Gasteiger partial charge in [-0.25, -0.2) is 0 Å². The van der Waals surface area contributed by atoms with Gasteiger partial charge in [-0.3, -0.25) is 0 Å². The lowest BCUT2D eigenvalue weighted by Crippen LogP contribution is -2.14. The number of rotatable bonds is 4. The van der Waals surface area contributed by atoms with E-state index in [4.69, 9.17) is 4.74 Å². The molecule has 0 bridgehead atoms. The zero-order valence-electron chi connectivity index (χ0n) is 15.9. The highest BCUT2D eigenvalue weighted by Gasteiger charge is 2.40. The fourth-order valence-corrected chi connectivity index (χ4v) is 5.14. The van der Waals surface area contributed by atoms with Crippen LogP contribution in [0.5, 0.6) is 5.75 Å². The molecule has 1 aromatic heterocycles. The summed E-state index contributed by atoms with van der Waals surface area (Å²) in [7, 11) is 1.15. The monoisotopic (exact) mass is 349 g/mol. The molecule has 2 nitrogen and oxygen atoms in total. The van der Waals surface area contributed by atoms with Gasteiger partial charge < -0.3 is 9.30 Å².